The van der Waals surface area contributed by atoms with Crippen LogP contribution in [0.1, 0.15) is 44.2 Å². The average molecular weight is 340 g/mol. The number of fused-ring (bicyclic) bond motifs is 1. The SMILES string of the molecule is Cc1cc(C)c([N+](=O)[O-])c(C)c1C(=O)N[C@H]1c2ccccc2C[C@H]1O. The molecule has 130 valence electrons. The second kappa shape index (κ2) is 6.29. The summed E-state index contributed by atoms with van der Waals surface area (Å²) in [5, 5.41) is 24.5. The molecule has 2 N–H and O–H groups in total. The van der Waals surface area contributed by atoms with Crippen LogP contribution in [0.3, 0.4) is 0 Å². The number of nitrogens with zero attached hydrogens (tertiary/aromatic N) is 1. The predicted molar refractivity (Wildman–Crippen MR) is 93.7 cm³/mol. The molecule has 0 aliphatic heterocycles. The second-order valence-electron chi connectivity index (χ2n) is 6.54. The Morgan fingerprint density at radius 2 is 1.92 bits per heavy atom. The van der Waals surface area contributed by atoms with Crippen LogP contribution in [-0.4, -0.2) is 22.0 Å². The number of carbonyl (C=O) groups is 1. The van der Waals surface area contributed by atoms with E-state index in [2.05, 4.69) is 5.32 Å². The van der Waals surface area contributed by atoms with Crippen molar-refractivity contribution in [2.75, 3.05) is 0 Å². The Bertz CT molecular complexity index is 876. The third-order valence-electron chi connectivity index (χ3n) is 4.83. The minimum atomic E-state index is -0.706. The normalized spacial score (nSPS) is 18.7. The number of benzene rings is 2. The first-order valence-corrected chi connectivity index (χ1v) is 8.13. The van der Waals surface area contributed by atoms with Gasteiger partial charge >= 0.3 is 0 Å². The number of amides is 1. The van der Waals surface area contributed by atoms with Gasteiger partial charge in [0.1, 0.15) is 0 Å². The standard InChI is InChI=1S/C19H20N2O4/c1-10-8-11(2)18(21(24)25)12(3)16(10)19(23)20-17-14-7-5-4-6-13(14)9-15(17)22/h4-8,15,17,22H,9H2,1-3H3,(H,20,23)/t15-,17+/m1/s1. The van der Waals surface area contributed by atoms with Crippen LogP contribution in [0.2, 0.25) is 0 Å². The molecule has 1 aliphatic rings. The molecule has 0 radical (unpaired) electrons. The number of carbonyl (C=O) groups excluding carboxylic acids is 1. The molecule has 6 nitrogen and oxygen atoms in total. The maximum absolute atomic E-state index is 12.8. The summed E-state index contributed by atoms with van der Waals surface area (Å²) in [5.74, 6) is -0.404. The quantitative estimate of drug-likeness (QED) is 0.664. The van der Waals surface area contributed by atoms with Crippen LogP contribution >= 0.6 is 0 Å². The number of hydrogen-bond acceptors (Lipinski definition) is 4. The molecular formula is C19H20N2O4. The molecule has 0 fully saturated rings. The Labute approximate surface area is 145 Å². The molecule has 2 aromatic rings. The fourth-order valence-corrected chi connectivity index (χ4v) is 3.77. The largest absolute Gasteiger partial charge is 0.390 e. The van der Waals surface area contributed by atoms with Crippen molar-refractivity contribution in [1.29, 1.82) is 0 Å². The zero-order chi connectivity index (χ0) is 18.3. The van der Waals surface area contributed by atoms with E-state index in [4.69, 9.17) is 0 Å². The summed E-state index contributed by atoms with van der Waals surface area (Å²) in [6.45, 7) is 5.01. The number of nitro benzene ring substituents is 1. The van der Waals surface area contributed by atoms with E-state index in [1.165, 1.54) is 0 Å². The van der Waals surface area contributed by atoms with E-state index in [0.717, 1.165) is 11.1 Å². The minimum absolute atomic E-state index is 0.0388. The summed E-state index contributed by atoms with van der Waals surface area (Å²) >= 11 is 0. The van der Waals surface area contributed by atoms with Crippen LogP contribution in [-0.2, 0) is 6.42 Å². The summed E-state index contributed by atoms with van der Waals surface area (Å²) < 4.78 is 0. The number of hydrogen-bond donors (Lipinski definition) is 2. The third kappa shape index (κ3) is 2.89. The lowest BCUT2D eigenvalue weighted by Crippen LogP contribution is -2.34. The summed E-state index contributed by atoms with van der Waals surface area (Å²) in [7, 11) is 0. The van der Waals surface area contributed by atoms with E-state index < -0.39 is 23.0 Å². The number of nitrogens with one attached hydrogen (secondary N) is 1. The van der Waals surface area contributed by atoms with Gasteiger partial charge in [0.15, 0.2) is 0 Å². The van der Waals surface area contributed by atoms with Crippen molar-refractivity contribution >= 4 is 11.6 Å². The number of aliphatic hydroxyl groups is 1. The maximum atomic E-state index is 12.8. The van der Waals surface area contributed by atoms with Gasteiger partial charge < -0.3 is 10.4 Å². The van der Waals surface area contributed by atoms with Crippen molar-refractivity contribution in [1.82, 2.24) is 5.32 Å². The zero-order valence-electron chi connectivity index (χ0n) is 14.4. The van der Waals surface area contributed by atoms with Crippen LogP contribution in [0.4, 0.5) is 5.69 Å². The van der Waals surface area contributed by atoms with Gasteiger partial charge in [-0.05, 0) is 43.5 Å². The summed E-state index contributed by atoms with van der Waals surface area (Å²) in [4.78, 5) is 23.7. The Hall–Kier alpha value is -2.73. The van der Waals surface area contributed by atoms with Gasteiger partial charge in [0.05, 0.1) is 22.6 Å². The highest BCUT2D eigenvalue weighted by atomic mass is 16.6. The maximum Gasteiger partial charge on any atom is 0.275 e. The van der Waals surface area contributed by atoms with Crippen LogP contribution in [0.15, 0.2) is 30.3 Å². The van der Waals surface area contributed by atoms with Crippen molar-refractivity contribution < 1.29 is 14.8 Å². The fraction of sp³-hybridized carbons (Fsp3) is 0.316. The van der Waals surface area contributed by atoms with Crippen molar-refractivity contribution in [2.45, 2.75) is 39.3 Å². The molecule has 3 rings (SSSR count). The number of nitro groups is 1. The fourth-order valence-electron chi connectivity index (χ4n) is 3.77. The highest BCUT2D eigenvalue weighted by molar-refractivity contribution is 5.98. The molecule has 0 heterocycles. The van der Waals surface area contributed by atoms with Gasteiger partial charge in [-0.15, -0.1) is 0 Å². The third-order valence-corrected chi connectivity index (χ3v) is 4.83. The molecule has 0 saturated heterocycles. The van der Waals surface area contributed by atoms with Crippen molar-refractivity contribution in [2.24, 2.45) is 0 Å². The number of aliphatic hydroxyl groups excluding tert-OH is 1. The number of rotatable bonds is 3. The summed E-state index contributed by atoms with van der Waals surface area (Å²) in [6.07, 6.45) is -0.227. The molecule has 0 bridgehead atoms. The zero-order valence-corrected chi connectivity index (χ0v) is 14.4. The molecule has 1 aliphatic carbocycles. The van der Waals surface area contributed by atoms with Crippen LogP contribution in [0.25, 0.3) is 0 Å². The molecule has 1 amide bonds. The molecule has 6 heteroatoms. The minimum Gasteiger partial charge on any atom is -0.390 e. The van der Waals surface area contributed by atoms with E-state index >= 15 is 0 Å². The Morgan fingerprint density at radius 3 is 2.60 bits per heavy atom. The highest BCUT2D eigenvalue weighted by Gasteiger charge is 2.33. The molecule has 2 aromatic carbocycles. The van der Waals surface area contributed by atoms with E-state index in [0.29, 0.717) is 28.7 Å². The molecule has 25 heavy (non-hydrogen) atoms. The Morgan fingerprint density at radius 1 is 1.24 bits per heavy atom. The van der Waals surface area contributed by atoms with Crippen molar-refractivity contribution in [3.8, 4) is 0 Å². The van der Waals surface area contributed by atoms with Gasteiger partial charge in [-0.3, -0.25) is 14.9 Å². The lowest BCUT2D eigenvalue weighted by Gasteiger charge is -2.20. The Balaban J connectivity index is 1.98. The molecule has 2 atom stereocenters. The summed E-state index contributed by atoms with van der Waals surface area (Å²) in [5.41, 5.74) is 3.71. The Kier molecular flexibility index (Phi) is 4.30. The topological polar surface area (TPSA) is 92.5 Å². The van der Waals surface area contributed by atoms with Crippen LogP contribution in [0.5, 0.6) is 0 Å². The van der Waals surface area contributed by atoms with Gasteiger partial charge in [0.2, 0.25) is 0 Å². The number of aryl methyl sites for hydroxylation is 2. The average Bonchev–Trinajstić information content (AvgIpc) is 2.82. The highest BCUT2D eigenvalue weighted by Crippen LogP contribution is 2.33. The molecule has 0 saturated carbocycles. The molecule has 0 aromatic heterocycles. The van der Waals surface area contributed by atoms with Gasteiger partial charge in [-0.1, -0.05) is 24.3 Å². The van der Waals surface area contributed by atoms with Crippen molar-refractivity contribution in [3.05, 3.63) is 73.8 Å². The lowest BCUT2D eigenvalue weighted by atomic mass is 9.96. The van der Waals surface area contributed by atoms with E-state index in [1.807, 2.05) is 24.3 Å². The van der Waals surface area contributed by atoms with Gasteiger partial charge in [-0.2, -0.15) is 0 Å². The molecule has 0 spiro atoms. The van der Waals surface area contributed by atoms with Crippen molar-refractivity contribution in [3.63, 3.8) is 0 Å². The lowest BCUT2D eigenvalue weighted by molar-refractivity contribution is -0.386. The summed E-state index contributed by atoms with van der Waals surface area (Å²) in [6, 6.07) is 8.71. The second-order valence-corrected chi connectivity index (χ2v) is 6.54. The van der Waals surface area contributed by atoms with Crippen LogP contribution < -0.4 is 5.32 Å². The molecule has 0 unspecified atom stereocenters. The first-order valence-electron chi connectivity index (χ1n) is 8.13. The van der Waals surface area contributed by atoms with Gasteiger partial charge in [-0.25, -0.2) is 0 Å². The smallest absolute Gasteiger partial charge is 0.275 e. The van der Waals surface area contributed by atoms with E-state index in [1.54, 1.807) is 26.8 Å². The first kappa shape index (κ1) is 17.1. The predicted octanol–water partition coefficient (Wildman–Crippen LogP) is 2.91. The van der Waals surface area contributed by atoms with Gasteiger partial charge in [0.25, 0.3) is 11.6 Å². The monoisotopic (exact) mass is 340 g/mol. The van der Waals surface area contributed by atoms with E-state index in [9.17, 15) is 20.0 Å². The van der Waals surface area contributed by atoms with Gasteiger partial charge in [0, 0.05) is 17.5 Å². The van der Waals surface area contributed by atoms with Crippen LogP contribution in [0, 0.1) is 30.9 Å². The first-order chi connectivity index (χ1) is 11.8. The molecular weight excluding hydrogens is 320 g/mol. The van der Waals surface area contributed by atoms with E-state index in [-0.39, 0.29) is 5.69 Å².